The molecule has 7 aromatic carbocycles. The van der Waals surface area contributed by atoms with Gasteiger partial charge in [0.1, 0.15) is 6.07 Å². The van der Waals surface area contributed by atoms with Gasteiger partial charge in [0.25, 0.3) is 0 Å². The van der Waals surface area contributed by atoms with Crippen LogP contribution in [0.5, 0.6) is 0 Å². The molecule has 0 spiro atoms. The van der Waals surface area contributed by atoms with Crippen LogP contribution in [0.4, 0.5) is 5.69 Å². The molecule has 8 aromatic rings. The van der Waals surface area contributed by atoms with Gasteiger partial charge < -0.3 is 4.57 Å². The van der Waals surface area contributed by atoms with E-state index in [0.29, 0.717) is 22.4 Å². The second-order valence-corrected chi connectivity index (χ2v) is 11.8. The number of hydrogen-bond donors (Lipinski definition) is 0. The second kappa shape index (κ2) is 12.2. The number of nitrogens with zero attached hydrogens (tertiary/aromatic N) is 4. The summed E-state index contributed by atoms with van der Waals surface area (Å²) in [5.74, 6) is 0. The van der Waals surface area contributed by atoms with Crippen molar-refractivity contribution in [1.29, 1.82) is 10.5 Å². The Kier molecular flexibility index (Phi) is 7.28. The standard InChI is InChI=1S/C45H26N4/c1-48-44-43(33-20-12-5-13-21-33)38(28-46)42(32-18-10-4-11-19-32)39(29-47)45(44)49-40-26-34(30-14-6-2-7-15-30)22-24-36(40)37-25-23-35(27-41(37)49)31-16-8-3-9-17-31/h2-27H. The summed E-state index contributed by atoms with van der Waals surface area (Å²) in [6, 6.07) is 57.2. The Hall–Kier alpha value is -7.19. The van der Waals surface area contributed by atoms with Gasteiger partial charge in [-0.2, -0.15) is 10.5 Å². The lowest BCUT2D eigenvalue weighted by Crippen LogP contribution is -2.05. The van der Waals surface area contributed by atoms with Gasteiger partial charge in [0.2, 0.25) is 5.69 Å². The summed E-state index contributed by atoms with van der Waals surface area (Å²) in [6.45, 7) is 8.66. The fourth-order valence-corrected chi connectivity index (χ4v) is 6.93. The van der Waals surface area contributed by atoms with Crippen LogP contribution in [-0.4, -0.2) is 4.57 Å². The normalized spacial score (nSPS) is 10.8. The number of fused-ring (bicyclic) bond motifs is 3. The molecule has 0 aliphatic rings. The molecule has 49 heavy (non-hydrogen) atoms. The van der Waals surface area contributed by atoms with Crippen LogP contribution in [0.25, 0.3) is 76.8 Å². The number of benzene rings is 7. The maximum Gasteiger partial charge on any atom is 0.220 e. The van der Waals surface area contributed by atoms with Crippen LogP contribution in [0, 0.1) is 29.2 Å². The molecule has 0 aliphatic carbocycles. The van der Waals surface area contributed by atoms with Gasteiger partial charge in [0, 0.05) is 21.9 Å². The minimum absolute atomic E-state index is 0.257. The Balaban J connectivity index is 1.60. The molecule has 4 nitrogen and oxygen atoms in total. The fraction of sp³-hybridized carbons (Fsp3) is 0. The largest absolute Gasteiger partial charge is 0.318 e. The Bertz CT molecular complexity index is 2480. The van der Waals surface area contributed by atoms with Crippen molar-refractivity contribution in [2.75, 3.05) is 0 Å². The van der Waals surface area contributed by atoms with Crippen molar-refractivity contribution in [2.24, 2.45) is 0 Å². The second-order valence-electron chi connectivity index (χ2n) is 11.8. The molecule has 0 amide bonds. The topological polar surface area (TPSA) is 56.9 Å². The van der Waals surface area contributed by atoms with Crippen molar-refractivity contribution in [1.82, 2.24) is 4.57 Å². The van der Waals surface area contributed by atoms with Gasteiger partial charge in [0.05, 0.1) is 40.5 Å². The van der Waals surface area contributed by atoms with Crippen LogP contribution in [0.1, 0.15) is 11.1 Å². The summed E-state index contributed by atoms with van der Waals surface area (Å²) in [5, 5.41) is 23.9. The monoisotopic (exact) mass is 622 g/mol. The average Bonchev–Trinajstić information content (AvgIpc) is 3.50. The SMILES string of the molecule is [C-]#[N+]c1c(-c2ccccc2)c(C#N)c(-c2ccccc2)c(C#N)c1-n1c2cc(-c3ccccc3)ccc2c2ccc(-c3ccccc3)cc21. The van der Waals surface area contributed by atoms with Gasteiger partial charge >= 0.3 is 0 Å². The molecule has 4 heteroatoms. The Morgan fingerprint density at radius 2 is 0.857 bits per heavy atom. The van der Waals surface area contributed by atoms with Crippen molar-refractivity contribution in [2.45, 2.75) is 0 Å². The zero-order valence-corrected chi connectivity index (χ0v) is 26.3. The first-order valence-electron chi connectivity index (χ1n) is 15.9. The molecule has 0 N–H and O–H groups in total. The predicted octanol–water partition coefficient (Wildman–Crippen LogP) is 11.7. The van der Waals surface area contributed by atoms with Crippen molar-refractivity contribution >= 4 is 27.5 Å². The van der Waals surface area contributed by atoms with Crippen LogP contribution >= 0.6 is 0 Å². The van der Waals surface area contributed by atoms with Gasteiger partial charge in [-0.25, -0.2) is 4.85 Å². The summed E-state index contributed by atoms with van der Waals surface area (Å²) in [5.41, 5.74) is 9.70. The average molecular weight is 623 g/mol. The molecular formula is C45H26N4. The highest BCUT2D eigenvalue weighted by molar-refractivity contribution is 6.13. The third-order valence-corrected chi connectivity index (χ3v) is 9.11. The number of hydrogen-bond acceptors (Lipinski definition) is 2. The molecule has 0 fully saturated rings. The molecule has 0 atom stereocenters. The lowest BCUT2D eigenvalue weighted by Gasteiger charge is -2.21. The van der Waals surface area contributed by atoms with E-state index in [4.69, 9.17) is 6.57 Å². The molecule has 0 unspecified atom stereocenters. The van der Waals surface area contributed by atoms with Gasteiger partial charge in [0.15, 0.2) is 0 Å². The van der Waals surface area contributed by atoms with E-state index in [1.807, 2.05) is 97.1 Å². The van der Waals surface area contributed by atoms with Gasteiger partial charge in [-0.05, 0) is 45.5 Å². The highest BCUT2D eigenvalue weighted by Crippen LogP contribution is 2.49. The van der Waals surface area contributed by atoms with E-state index < -0.39 is 0 Å². The quantitative estimate of drug-likeness (QED) is 0.179. The fourth-order valence-electron chi connectivity index (χ4n) is 6.93. The summed E-state index contributed by atoms with van der Waals surface area (Å²) < 4.78 is 2.08. The van der Waals surface area contributed by atoms with E-state index in [1.54, 1.807) is 0 Å². The third-order valence-electron chi connectivity index (χ3n) is 9.11. The zero-order chi connectivity index (χ0) is 33.3. The van der Waals surface area contributed by atoms with E-state index in [0.717, 1.165) is 55.2 Å². The maximum atomic E-state index is 11.1. The van der Waals surface area contributed by atoms with Crippen LogP contribution in [0.2, 0.25) is 0 Å². The van der Waals surface area contributed by atoms with Gasteiger partial charge in [-0.1, -0.05) is 146 Å². The van der Waals surface area contributed by atoms with E-state index in [2.05, 4.69) is 82.2 Å². The van der Waals surface area contributed by atoms with E-state index in [-0.39, 0.29) is 11.3 Å². The third kappa shape index (κ3) is 4.83. The molecule has 0 saturated carbocycles. The molecule has 1 aromatic heterocycles. The van der Waals surface area contributed by atoms with E-state index in [9.17, 15) is 10.5 Å². The summed E-state index contributed by atoms with van der Waals surface area (Å²) >= 11 is 0. The first kappa shape index (κ1) is 29.2. The highest BCUT2D eigenvalue weighted by Gasteiger charge is 2.29. The minimum Gasteiger partial charge on any atom is -0.318 e. The van der Waals surface area contributed by atoms with Crippen molar-refractivity contribution < 1.29 is 0 Å². The maximum absolute atomic E-state index is 11.1. The summed E-state index contributed by atoms with van der Waals surface area (Å²) in [7, 11) is 0. The van der Waals surface area contributed by atoms with Crippen molar-refractivity contribution in [3.05, 3.63) is 180 Å². The Labute approximate surface area is 284 Å². The minimum atomic E-state index is 0.257. The molecular weight excluding hydrogens is 597 g/mol. The molecule has 226 valence electrons. The molecule has 0 aliphatic heterocycles. The first-order valence-corrected chi connectivity index (χ1v) is 15.9. The van der Waals surface area contributed by atoms with E-state index in [1.165, 1.54) is 0 Å². The van der Waals surface area contributed by atoms with Crippen LogP contribution in [0.15, 0.2) is 158 Å². The van der Waals surface area contributed by atoms with Gasteiger partial charge in [-0.3, -0.25) is 0 Å². The molecule has 8 rings (SSSR count). The lowest BCUT2D eigenvalue weighted by atomic mass is 9.86. The zero-order valence-electron chi connectivity index (χ0n) is 26.3. The van der Waals surface area contributed by atoms with Crippen LogP contribution in [-0.2, 0) is 0 Å². The molecule has 0 saturated heterocycles. The smallest absolute Gasteiger partial charge is 0.220 e. The van der Waals surface area contributed by atoms with Crippen LogP contribution in [0.3, 0.4) is 0 Å². The summed E-state index contributed by atoms with van der Waals surface area (Å²) in [4.78, 5) is 4.16. The lowest BCUT2D eigenvalue weighted by molar-refractivity contribution is 1.17. The highest BCUT2D eigenvalue weighted by atomic mass is 15.0. The Morgan fingerprint density at radius 1 is 0.449 bits per heavy atom. The first-order chi connectivity index (χ1) is 24.2. The van der Waals surface area contributed by atoms with Gasteiger partial charge in [-0.15, -0.1) is 0 Å². The van der Waals surface area contributed by atoms with Crippen molar-refractivity contribution in [3.8, 4) is 62.3 Å². The molecule has 0 radical (unpaired) electrons. The number of aromatic nitrogens is 1. The number of rotatable bonds is 5. The van der Waals surface area contributed by atoms with E-state index >= 15 is 0 Å². The number of nitriles is 2. The van der Waals surface area contributed by atoms with Crippen LogP contribution < -0.4 is 0 Å². The predicted molar refractivity (Wildman–Crippen MR) is 198 cm³/mol. The molecule has 1 heterocycles. The Morgan fingerprint density at radius 3 is 1.27 bits per heavy atom. The van der Waals surface area contributed by atoms with Crippen molar-refractivity contribution in [3.63, 3.8) is 0 Å². The summed E-state index contributed by atoms with van der Waals surface area (Å²) in [6.07, 6.45) is 0. The molecule has 0 bridgehead atoms.